The van der Waals surface area contributed by atoms with Crippen molar-refractivity contribution in [3.63, 3.8) is 0 Å². The maximum Gasteiger partial charge on any atom is 0.191 e. The second kappa shape index (κ2) is 7.51. The summed E-state index contributed by atoms with van der Waals surface area (Å²) < 4.78 is 0. The molecule has 0 aromatic heterocycles. The third kappa shape index (κ3) is 5.02. The van der Waals surface area contributed by atoms with Crippen LogP contribution in [0.4, 0.5) is 0 Å². The lowest BCUT2D eigenvalue weighted by atomic mass is 9.96. The number of nitrogens with zero attached hydrogens (tertiary/aromatic N) is 1. The molecule has 0 saturated heterocycles. The van der Waals surface area contributed by atoms with E-state index in [9.17, 15) is 0 Å². The molecule has 0 radical (unpaired) electrons. The van der Waals surface area contributed by atoms with Gasteiger partial charge in [-0.2, -0.15) is 0 Å². The molecule has 0 aromatic rings. The van der Waals surface area contributed by atoms with E-state index in [2.05, 4.69) is 22.5 Å². The van der Waals surface area contributed by atoms with Gasteiger partial charge >= 0.3 is 0 Å². The Balaban J connectivity index is 2.34. The van der Waals surface area contributed by atoms with Gasteiger partial charge in [0.2, 0.25) is 0 Å². The van der Waals surface area contributed by atoms with E-state index in [4.69, 9.17) is 5.11 Å². The van der Waals surface area contributed by atoms with Crippen molar-refractivity contribution in [1.29, 1.82) is 0 Å². The maximum absolute atomic E-state index is 8.73. The van der Waals surface area contributed by atoms with Gasteiger partial charge in [-0.3, -0.25) is 4.99 Å². The van der Waals surface area contributed by atoms with Crippen LogP contribution in [0.15, 0.2) is 4.99 Å². The third-order valence-electron chi connectivity index (χ3n) is 2.66. The topological polar surface area (TPSA) is 56.7 Å². The van der Waals surface area contributed by atoms with Crippen molar-refractivity contribution in [1.82, 2.24) is 10.6 Å². The molecule has 1 saturated carbocycles. The van der Waals surface area contributed by atoms with Crippen LogP contribution in [0, 0.1) is 0 Å². The van der Waals surface area contributed by atoms with Crippen LogP contribution in [0.2, 0.25) is 0 Å². The Morgan fingerprint density at radius 1 is 1.33 bits per heavy atom. The Morgan fingerprint density at radius 2 is 2.07 bits per heavy atom. The van der Waals surface area contributed by atoms with E-state index in [-0.39, 0.29) is 6.61 Å². The van der Waals surface area contributed by atoms with Crippen molar-refractivity contribution in [2.45, 2.75) is 45.1 Å². The number of aliphatic hydroxyl groups is 1. The van der Waals surface area contributed by atoms with Gasteiger partial charge in [0.1, 0.15) is 0 Å². The van der Waals surface area contributed by atoms with Crippen molar-refractivity contribution >= 4 is 5.96 Å². The summed E-state index contributed by atoms with van der Waals surface area (Å²) in [5.41, 5.74) is 0. The van der Waals surface area contributed by atoms with Crippen molar-refractivity contribution < 1.29 is 5.11 Å². The van der Waals surface area contributed by atoms with Crippen LogP contribution in [0.3, 0.4) is 0 Å². The molecule has 0 unspecified atom stereocenters. The van der Waals surface area contributed by atoms with Gasteiger partial charge in [0, 0.05) is 12.6 Å². The molecule has 3 N–H and O–H groups in total. The second-order valence-corrected chi connectivity index (χ2v) is 3.96. The normalized spacial score (nSPS) is 18.9. The average Bonchev–Trinajstić information content (AvgIpc) is 2.28. The van der Waals surface area contributed by atoms with E-state index in [0.29, 0.717) is 12.6 Å². The smallest absolute Gasteiger partial charge is 0.191 e. The van der Waals surface area contributed by atoms with Gasteiger partial charge in [-0.15, -0.1) is 0 Å². The van der Waals surface area contributed by atoms with Gasteiger partial charge in [-0.1, -0.05) is 19.3 Å². The van der Waals surface area contributed by atoms with Gasteiger partial charge in [-0.25, -0.2) is 0 Å². The minimum absolute atomic E-state index is 0.112. The maximum atomic E-state index is 8.73. The van der Waals surface area contributed by atoms with Gasteiger partial charge in [0.15, 0.2) is 5.96 Å². The number of aliphatic imine (C=N–C) groups is 1. The van der Waals surface area contributed by atoms with Gasteiger partial charge < -0.3 is 15.7 Å². The molecule has 0 spiro atoms. The van der Waals surface area contributed by atoms with E-state index >= 15 is 0 Å². The summed E-state index contributed by atoms with van der Waals surface area (Å²) in [7, 11) is 0. The average molecular weight is 213 g/mol. The Morgan fingerprint density at radius 3 is 2.67 bits per heavy atom. The predicted octanol–water partition coefficient (Wildman–Crippen LogP) is 0.866. The quantitative estimate of drug-likeness (QED) is 0.480. The van der Waals surface area contributed by atoms with E-state index in [1.54, 1.807) is 0 Å². The van der Waals surface area contributed by atoms with E-state index in [1.807, 2.05) is 0 Å². The van der Waals surface area contributed by atoms with Crippen molar-refractivity contribution in [3.05, 3.63) is 0 Å². The number of nitrogens with one attached hydrogen (secondary N) is 2. The van der Waals surface area contributed by atoms with E-state index in [1.165, 1.54) is 32.1 Å². The summed E-state index contributed by atoms with van der Waals surface area (Å²) in [4.78, 5) is 4.27. The number of rotatable bonds is 4. The molecule has 1 aliphatic rings. The Kier molecular flexibility index (Phi) is 6.16. The molecular weight excluding hydrogens is 190 g/mol. The van der Waals surface area contributed by atoms with E-state index in [0.717, 1.165) is 12.5 Å². The molecule has 1 aliphatic carbocycles. The third-order valence-corrected chi connectivity index (χ3v) is 2.66. The molecular formula is C11H23N3O. The highest BCUT2D eigenvalue weighted by atomic mass is 16.3. The fourth-order valence-corrected chi connectivity index (χ4v) is 1.92. The summed E-state index contributed by atoms with van der Waals surface area (Å²) in [6.07, 6.45) is 6.48. The molecule has 4 nitrogen and oxygen atoms in total. The second-order valence-electron chi connectivity index (χ2n) is 3.96. The van der Waals surface area contributed by atoms with Crippen LogP contribution in [0.1, 0.15) is 39.0 Å². The van der Waals surface area contributed by atoms with Crippen LogP contribution in [0.25, 0.3) is 0 Å². The van der Waals surface area contributed by atoms with Crippen LogP contribution in [0.5, 0.6) is 0 Å². The fourth-order valence-electron chi connectivity index (χ4n) is 1.92. The SMILES string of the molecule is CCNC(=NCCO)NC1CCCCC1. The molecule has 0 aliphatic heterocycles. The molecule has 0 aromatic carbocycles. The summed E-state index contributed by atoms with van der Waals surface area (Å²) in [5, 5.41) is 15.3. The first kappa shape index (κ1) is 12.3. The highest BCUT2D eigenvalue weighted by Crippen LogP contribution is 2.17. The zero-order valence-electron chi connectivity index (χ0n) is 9.63. The van der Waals surface area contributed by atoms with Gasteiger partial charge in [0.25, 0.3) is 0 Å². The molecule has 0 heterocycles. The number of aliphatic hydroxyl groups excluding tert-OH is 1. The van der Waals surface area contributed by atoms with Crippen LogP contribution in [-0.2, 0) is 0 Å². The molecule has 0 amide bonds. The lowest BCUT2D eigenvalue weighted by Gasteiger charge is -2.24. The zero-order chi connectivity index (χ0) is 10.9. The fraction of sp³-hybridized carbons (Fsp3) is 0.909. The van der Waals surface area contributed by atoms with Crippen LogP contribution in [-0.4, -0.2) is 36.8 Å². The number of guanidine groups is 1. The monoisotopic (exact) mass is 213 g/mol. The first-order chi connectivity index (χ1) is 7.36. The predicted molar refractivity (Wildman–Crippen MR) is 63.1 cm³/mol. The minimum atomic E-state index is 0.112. The molecule has 1 rings (SSSR count). The molecule has 1 fully saturated rings. The zero-order valence-corrected chi connectivity index (χ0v) is 9.63. The Bertz CT molecular complexity index is 188. The van der Waals surface area contributed by atoms with Gasteiger partial charge in [-0.05, 0) is 19.8 Å². The van der Waals surface area contributed by atoms with Crippen molar-refractivity contribution in [2.75, 3.05) is 19.7 Å². The largest absolute Gasteiger partial charge is 0.394 e. The molecule has 0 bridgehead atoms. The highest BCUT2D eigenvalue weighted by Gasteiger charge is 2.13. The molecule has 0 atom stereocenters. The standard InChI is InChI=1S/C11H23N3O/c1-2-12-11(13-8-9-15)14-10-6-4-3-5-7-10/h10,15H,2-9H2,1H3,(H2,12,13,14). The summed E-state index contributed by atoms with van der Waals surface area (Å²) >= 11 is 0. The molecule has 88 valence electrons. The van der Waals surface area contributed by atoms with E-state index < -0.39 is 0 Å². The summed E-state index contributed by atoms with van der Waals surface area (Å²) in [5.74, 6) is 0.846. The lowest BCUT2D eigenvalue weighted by Crippen LogP contribution is -2.44. The van der Waals surface area contributed by atoms with Crippen molar-refractivity contribution in [3.8, 4) is 0 Å². The van der Waals surface area contributed by atoms with Crippen LogP contribution < -0.4 is 10.6 Å². The number of hydrogen-bond acceptors (Lipinski definition) is 2. The number of hydrogen-bond donors (Lipinski definition) is 3. The van der Waals surface area contributed by atoms with Gasteiger partial charge in [0.05, 0.1) is 13.2 Å². The molecule has 15 heavy (non-hydrogen) atoms. The Labute approximate surface area is 92.2 Å². The first-order valence-electron chi connectivity index (χ1n) is 6.02. The summed E-state index contributed by atoms with van der Waals surface area (Å²) in [6.45, 7) is 3.50. The first-order valence-corrected chi connectivity index (χ1v) is 6.02. The minimum Gasteiger partial charge on any atom is -0.394 e. The molecule has 4 heteroatoms. The van der Waals surface area contributed by atoms with Crippen molar-refractivity contribution in [2.24, 2.45) is 4.99 Å². The lowest BCUT2D eigenvalue weighted by molar-refractivity contribution is 0.306. The highest BCUT2D eigenvalue weighted by molar-refractivity contribution is 5.80. The Hall–Kier alpha value is -0.770. The summed E-state index contributed by atoms with van der Waals surface area (Å²) in [6, 6.07) is 0.565. The van der Waals surface area contributed by atoms with Crippen LogP contribution >= 0.6 is 0 Å².